The third-order valence-electron chi connectivity index (χ3n) is 2.70. The summed E-state index contributed by atoms with van der Waals surface area (Å²) < 4.78 is 18.4. The molecule has 0 saturated carbocycles. The van der Waals surface area contributed by atoms with Crippen LogP contribution in [0.3, 0.4) is 0 Å². The molecule has 17 heavy (non-hydrogen) atoms. The van der Waals surface area contributed by atoms with Gasteiger partial charge in [-0.3, -0.25) is 0 Å². The fourth-order valence-corrected chi connectivity index (χ4v) is 1.68. The van der Waals surface area contributed by atoms with Gasteiger partial charge >= 0.3 is 0 Å². The van der Waals surface area contributed by atoms with Crippen LogP contribution in [0.2, 0.25) is 5.02 Å². The lowest BCUT2D eigenvalue weighted by Gasteiger charge is -2.21. The van der Waals surface area contributed by atoms with Gasteiger partial charge in [0.25, 0.3) is 0 Å². The highest BCUT2D eigenvalue weighted by atomic mass is 35.5. The van der Waals surface area contributed by atoms with E-state index >= 15 is 0 Å². The second-order valence-electron chi connectivity index (χ2n) is 4.44. The number of ether oxygens (including phenoxy) is 1. The predicted octanol–water partition coefficient (Wildman–Crippen LogP) is 3.24. The first-order valence-electron chi connectivity index (χ1n) is 5.70. The van der Waals surface area contributed by atoms with Crippen molar-refractivity contribution in [2.45, 2.75) is 26.4 Å². The molecule has 4 heteroatoms. The third kappa shape index (κ3) is 4.62. The molecule has 0 amide bonds. The maximum absolute atomic E-state index is 13.2. The number of hydrogen-bond acceptors (Lipinski definition) is 2. The van der Waals surface area contributed by atoms with Crippen molar-refractivity contribution in [3.63, 3.8) is 0 Å². The number of halogens is 2. The summed E-state index contributed by atoms with van der Waals surface area (Å²) >= 11 is 5.63. The average molecular weight is 260 g/mol. The molecule has 0 aliphatic carbocycles. The molecule has 0 fully saturated rings. The SMILES string of the molecule is COCC(NCc1ccc(Cl)c(F)c1)C(C)C. The van der Waals surface area contributed by atoms with Crippen LogP contribution >= 0.6 is 11.6 Å². The standard InChI is InChI=1S/C13H19ClFNO/c1-9(2)13(8-17-3)16-7-10-4-5-11(14)12(15)6-10/h4-6,9,13,16H,7-8H2,1-3H3. The van der Waals surface area contributed by atoms with Gasteiger partial charge in [0, 0.05) is 19.7 Å². The Morgan fingerprint density at radius 1 is 1.41 bits per heavy atom. The van der Waals surface area contributed by atoms with Crippen LogP contribution in [-0.4, -0.2) is 19.8 Å². The van der Waals surface area contributed by atoms with Gasteiger partial charge in [0.05, 0.1) is 11.6 Å². The monoisotopic (exact) mass is 259 g/mol. The predicted molar refractivity (Wildman–Crippen MR) is 68.8 cm³/mol. The molecule has 1 N–H and O–H groups in total. The summed E-state index contributed by atoms with van der Waals surface area (Å²) in [5.41, 5.74) is 0.883. The Kier molecular flexibility index (Phi) is 5.89. The largest absolute Gasteiger partial charge is 0.383 e. The van der Waals surface area contributed by atoms with Crippen LogP contribution in [0.25, 0.3) is 0 Å². The van der Waals surface area contributed by atoms with E-state index in [0.29, 0.717) is 19.1 Å². The fourth-order valence-electron chi connectivity index (χ4n) is 1.57. The minimum absolute atomic E-state index is 0.158. The maximum atomic E-state index is 13.2. The van der Waals surface area contributed by atoms with Gasteiger partial charge in [0.2, 0.25) is 0 Å². The van der Waals surface area contributed by atoms with Gasteiger partial charge in [-0.1, -0.05) is 31.5 Å². The Morgan fingerprint density at radius 2 is 2.12 bits per heavy atom. The lowest BCUT2D eigenvalue weighted by molar-refractivity contribution is 0.146. The molecule has 0 aliphatic rings. The van der Waals surface area contributed by atoms with E-state index in [1.54, 1.807) is 13.2 Å². The van der Waals surface area contributed by atoms with E-state index in [1.807, 2.05) is 6.07 Å². The third-order valence-corrected chi connectivity index (χ3v) is 3.01. The highest BCUT2D eigenvalue weighted by Crippen LogP contribution is 2.15. The van der Waals surface area contributed by atoms with E-state index in [9.17, 15) is 4.39 Å². The van der Waals surface area contributed by atoms with E-state index in [2.05, 4.69) is 19.2 Å². The molecule has 0 spiro atoms. The summed E-state index contributed by atoms with van der Waals surface area (Å²) in [6.45, 7) is 5.51. The topological polar surface area (TPSA) is 21.3 Å². The summed E-state index contributed by atoms with van der Waals surface area (Å²) in [5, 5.41) is 3.51. The van der Waals surface area contributed by atoms with Crippen LogP contribution in [-0.2, 0) is 11.3 Å². The summed E-state index contributed by atoms with van der Waals surface area (Å²) in [7, 11) is 1.68. The molecule has 0 saturated heterocycles. The smallest absolute Gasteiger partial charge is 0.142 e. The zero-order chi connectivity index (χ0) is 12.8. The second kappa shape index (κ2) is 6.94. The van der Waals surface area contributed by atoms with Gasteiger partial charge in [0.15, 0.2) is 0 Å². The summed E-state index contributed by atoms with van der Waals surface area (Å²) in [6, 6.07) is 5.12. The summed E-state index contributed by atoms with van der Waals surface area (Å²) in [4.78, 5) is 0. The molecule has 1 rings (SSSR count). The number of methoxy groups -OCH3 is 1. The van der Waals surface area contributed by atoms with Gasteiger partial charge in [-0.15, -0.1) is 0 Å². The van der Waals surface area contributed by atoms with Crippen LogP contribution < -0.4 is 5.32 Å². The Hall–Kier alpha value is -0.640. The van der Waals surface area contributed by atoms with Gasteiger partial charge in [-0.25, -0.2) is 4.39 Å². The minimum Gasteiger partial charge on any atom is -0.383 e. The number of rotatable bonds is 6. The molecule has 1 aromatic rings. The molecule has 0 heterocycles. The highest BCUT2D eigenvalue weighted by Gasteiger charge is 2.12. The first kappa shape index (κ1) is 14.4. The van der Waals surface area contributed by atoms with Crippen molar-refractivity contribution in [1.29, 1.82) is 0 Å². The molecular formula is C13H19ClFNO. The Bertz CT molecular complexity index is 357. The zero-order valence-corrected chi connectivity index (χ0v) is 11.2. The zero-order valence-electron chi connectivity index (χ0n) is 10.5. The van der Waals surface area contributed by atoms with Crippen molar-refractivity contribution in [3.8, 4) is 0 Å². The van der Waals surface area contributed by atoms with E-state index in [4.69, 9.17) is 16.3 Å². The second-order valence-corrected chi connectivity index (χ2v) is 4.84. The van der Waals surface area contributed by atoms with E-state index in [1.165, 1.54) is 6.07 Å². The van der Waals surface area contributed by atoms with Gasteiger partial charge in [-0.2, -0.15) is 0 Å². The molecule has 0 bridgehead atoms. The van der Waals surface area contributed by atoms with E-state index in [-0.39, 0.29) is 16.9 Å². The van der Waals surface area contributed by atoms with Crippen LogP contribution in [0.15, 0.2) is 18.2 Å². The lowest BCUT2D eigenvalue weighted by Crippen LogP contribution is -2.37. The van der Waals surface area contributed by atoms with Crippen molar-refractivity contribution in [2.75, 3.05) is 13.7 Å². The molecule has 2 nitrogen and oxygen atoms in total. The average Bonchev–Trinajstić information content (AvgIpc) is 2.28. The maximum Gasteiger partial charge on any atom is 0.142 e. The number of hydrogen-bond donors (Lipinski definition) is 1. The number of benzene rings is 1. The van der Waals surface area contributed by atoms with Gasteiger partial charge < -0.3 is 10.1 Å². The van der Waals surface area contributed by atoms with Crippen molar-refractivity contribution in [1.82, 2.24) is 5.32 Å². The lowest BCUT2D eigenvalue weighted by atomic mass is 10.0. The fraction of sp³-hybridized carbons (Fsp3) is 0.538. The van der Waals surface area contributed by atoms with E-state index < -0.39 is 0 Å². The molecule has 0 aliphatic heterocycles. The Balaban J connectivity index is 2.56. The Morgan fingerprint density at radius 3 is 2.65 bits per heavy atom. The van der Waals surface area contributed by atoms with Crippen molar-refractivity contribution in [2.24, 2.45) is 5.92 Å². The van der Waals surface area contributed by atoms with Gasteiger partial charge in [0.1, 0.15) is 5.82 Å². The summed E-state index contributed by atoms with van der Waals surface area (Å²) in [5.74, 6) is 0.0888. The van der Waals surface area contributed by atoms with Crippen molar-refractivity contribution in [3.05, 3.63) is 34.6 Å². The van der Waals surface area contributed by atoms with Crippen LogP contribution in [0, 0.1) is 11.7 Å². The highest BCUT2D eigenvalue weighted by molar-refractivity contribution is 6.30. The first-order chi connectivity index (χ1) is 8.04. The van der Waals surface area contributed by atoms with Crippen molar-refractivity contribution >= 4 is 11.6 Å². The van der Waals surface area contributed by atoms with Crippen LogP contribution in [0.5, 0.6) is 0 Å². The van der Waals surface area contributed by atoms with Gasteiger partial charge in [-0.05, 0) is 23.6 Å². The quantitative estimate of drug-likeness (QED) is 0.847. The van der Waals surface area contributed by atoms with Crippen LogP contribution in [0.4, 0.5) is 4.39 Å². The van der Waals surface area contributed by atoms with Crippen molar-refractivity contribution < 1.29 is 9.13 Å². The summed E-state index contributed by atoms with van der Waals surface area (Å²) in [6.07, 6.45) is 0. The molecule has 0 radical (unpaired) electrons. The Labute approximate surface area is 107 Å². The van der Waals surface area contributed by atoms with E-state index in [0.717, 1.165) is 5.56 Å². The normalized spacial score (nSPS) is 13.1. The van der Waals surface area contributed by atoms with Crippen LogP contribution in [0.1, 0.15) is 19.4 Å². The molecule has 1 unspecified atom stereocenters. The molecule has 0 aromatic heterocycles. The molecule has 1 aromatic carbocycles. The molecular weight excluding hydrogens is 241 g/mol. The first-order valence-corrected chi connectivity index (χ1v) is 6.08. The molecule has 1 atom stereocenters. The number of nitrogens with one attached hydrogen (secondary N) is 1. The minimum atomic E-state index is -0.376. The molecule has 96 valence electrons.